The van der Waals surface area contributed by atoms with Crippen LogP contribution < -0.4 is 10.2 Å². The molecule has 0 saturated carbocycles. The lowest BCUT2D eigenvalue weighted by molar-refractivity contribution is -0.142. The molecule has 1 heterocycles. The van der Waals surface area contributed by atoms with E-state index in [9.17, 15) is 4.79 Å². The number of benzene rings is 1. The predicted octanol–water partition coefficient (Wildman–Crippen LogP) is 3.63. The van der Waals surface area contributed by atoms with Crippen molar-refractivity contribution < 1.29 is 19.0 Å². The number of nitrogens with zero attached hydrogens (tertiary/aromatic N) is 2. The lowest BCUT2D eigenvalue weighted by Gasteiger charge is -2.14. The van der Waals surface area contributed by atoms with Crippen LogP contribution in [0.15, 0.2) is 28.7 Å². The quantitative estimate of drug-likeness (QED) is 0.378. The van der Waals surface area contributed by atoms with Gasteiger partial charge in [0.25, 0.3) is 0 Å². The number of carbonyl (C=O) groups excluding carboxylic acids is 1. The summed E-state index contributed by atoms with van der Waals surface area (Å²) in [4.78, 5) is 15.8. The number of esters is 1. The molecule has 1 N–H and O–H groups in total. The van der Waals surface area contributed by atoms with Crippen LogP contribution in [-0.4, -0.2) is 37.0 Å². The van der Waals surface area contributed by atoms with E-state index in [1.807, 2.05) is 37.4 Å². The standard InChI is InChI=1S/C19H25N3O4S/c1-5-25-18(23)9-16-12-27-19(21-16)22-20-10-14-6-7-17(26-13(2)3)15(8-14)11-24-4/h6-8,10,12-13H,5,9,11H2,1-4H3,(H,21,22). The fourth-order valence-corrected chi connectivity index (χ4v) is 2.94. The fraction of sp³-hybridized carbons (Fsp3) is 0.421. The number of aromatic nitrogens is 1. The van der Waals surface area contributed by atoms with Crippen molar-refractivity contribution in [2.45, 2.75) is 39.9 Å². The molecule has 8 heteroatoms. The van der Waals surface area contributed by atoms with Gasteiger partial charge in [0.2, 0.25) is 5.13 Å². The Morgan fingerprint density at radius 1 is 1.41 bits per heavy atom. The van der Waals surface area contributed by atoms with Crippen molar-refractivity contribution in [3.8, 4) is 5.75 Å². The topological polar surface area (TPSA) is 82.0 Å². The molecule has 0 fully saturated rings. The second-order valence-corrected chi connectivity index (χ2v) is 6.82. The molecule has 2 rings (SSSR count). The number of rotatable bonds is 10. The molecular formula is C19H25N3O4S. The monoisotopic (exact) mass is 391 g/mol. The highest BCUT2D eigenvalue weighted by Crippen LogP contribution is 2.22. The minimum atomic E-state index is -0.285. The average molecular weight is 391 g/mol. The summed E-state index contributed by atoms with van der Waals surface area (Å²) in [5.41, 5.74) is 5.41. The highest BCUT2D eigenvalue weighted by molar-refractivity contribution is 7.13. The van der Waals surface area contributed by atoms with Gasteiger partial charge in [-0.3, -0.25) is 10.2 Å². The van der Waals surface area contributed by atoms with Crippen molar-refractivity contribution in [2.24, 2.45) is 5.10 Å². The summed E-state index contributed by atoms with van der Waals surface area (Å²) in [6, 6.07) is 5.81. The molecule has 0 spiro atoms. The number of hydrogen-bond donors (Lipinski definition) is 1. The van der Waals surface area contributed by atoms with E-state index in [0.29, 0.717) is 24.0 Å². The number of carbonyl (C=O) groups is 1. The van der Waals surface area contributed by atoms with Gasteiger partial charge >= 0.3 is 5.97 Å². The van der Waals surface area contributed by atoms with Crippen molar-refractivity contribution >= 4 is 28.7 Å². The zero-order chi connectivity index (χ0) is 19.6. The third-order valence-electron chi connectivity index (χ3n) is 3.30. The van der Waals surface area contributed by atoms with Crippen molar-refractivity contribution in [3.05, 3.63) is 40.4 Å². The zero-order valence-electron chi connectivity index (χ0n) is 16.0. The Labute approximate surface area is 163 Å². The normalized spacial score (nSPS) is 11.1. The van der Waals surface area contributed by atoms with E-state index in [4.69, 9.17) is 14.2 Å². The van der Waals surface area contributed by atoms with Crippen molar-refractivity contribution in [2.75, 3.05) is 19.1 Å². The number of methoxy groups -OCH3 is 1. The van der Waals surface area contributed by atoms with Gasteiger partial charge in [-0.1, -0.05) is 0 Å². The summed E-state index contributed by atoms with van der Waals surface area (Å²) in [7, 11) is 1.65. The Bertz CT molecular complexity index is 774. The van der Waals surface area contributed by atoms with Gasteiger partial charge in [0.1, 0.15) is 5.75 Å². The molecule has 1 aromatic heterocycles. The van der Waals surface area contributed by atoms with Crippen molar-refractivity contribution in [1.29, 1.82) is 0 Å². The van der Waals surface area contributed by atoms with Gasteiger partial charge in [0.05, 0.1) is 37.6 Å². The van der Waals surface area contributed by atoms with Gasteiger partial charge in [-0.15, -0.1) is 11.3 Å². The van der Waals surface area contributed by atoms with Gasteiger partial charge in [-0.05, 0) is 44.5 Å². The summed E-state index contributed by atoms with van der Waals surface area (Å²) in [5, 5.41) is 6.63. The third-order valence-corrected chi connectivity index (χ3v) is 4.10. The van der Waals surface area contributed by atoms with Crippen LogP contribution in [0.2, 0.25) is 0 Å². The van der Waals surface area contributed by atoms with Crippen LogP contribution >= 0.6 is 11.3 Å². The maximum Gasteiger partial charge on any atom is 0.311 e. The molecule has 0 atom stereocenters. The van der Waals surface area contributed by atoms with Crippen LogP contribution in [0.25, 0.3) is 0 Å². The number of nitrogens with one attached hydrogen (secondary N) is 1. The van der Waals surface area contributed by atoms with Gasteiger partial charge in [-0.2, -0.15) is 5.10 Å². The first kappa shape index (κ1) is 20.9. The van der Waals surface area contributed by atoms with Crippen LogP contribution in [-0.2, 0) is 27.3 Å². The van der Waals surface area contributed by atoms with Gasteiger partial charge in [0.15, 0.2) is 0 Å². The van der Waals surface area contributed by atoms with E-state index in [1.54, 1.807) is 20.2 Å². The van der Waals surface area contributed by atoms with Crippen LogP contribution in [0.5, 0.6) is 5.75 Å². The Morgan fingerprint density at radius 2 is 2.22 bits per heavy atom. The molecule has 0 amide bonds. The molecule has 0 aliphatic carbocycles. The molecule has 1 aromatic carbocycles. The molecule has 146 valence electrons. The molecule has 27 heavy (non-hydrogen) atoms. The average Bonchev–Trinajstić information content (AvgIpc) is 3.04. The summed E-state index contributed by atoms with van der Waals surface area (Å²) < 4.78 is 16.0. The van der Waals surface area contributed by atoms with Crippen LogP contribution in [0.4, 0.5) is 5.13 Å². The van der Waals surface area contributed by atoms with Gasteiger partial charge in [-0.25, -0.2) is 4.98 Å². The Balaban J connectivity index is 1.98. The van der Waals surface area contributed by atoms with E-state index < -0.39 is 0 Å². The molecule has 2 aromatic rings. The highest BCUT2D eigenvalue weighted by Gasteiger charge is 2.08. The largest absolute Gasteiger partial charge is 0.491 e. The van der Waals surface area contributed by atoms with E-state index >= 15 is 0 Å². The van der Waals surface area contributed by atoms with Gasteiger partial charge in [0, 0.05) is 18.1 Å². The van der Waals surface area contributed by atoms with E-state index in [1.165, 1.54) is 11.3 Å². The van der Waals surface area contributed by atoms with E-state index in [2.05, 4.69) is 15.5 Å². The fourth-order valence-electron chi connectivity index (χ4n) is 2.28. The second kappa shape index (κ2) is 10.6. The molecular weight excluding hydrogens is 366 g/mol. The number of thiazole rings is 1. The SMILES string of the molecule is CCOC(=O)Cc1csc(NN=Cc2ccc(OC(C)C)c(COC)c2)n1. The Morgan fingerprint density at radius 3 is 2.93 bits per heavy atom. The molecule has 0 unspecified atom stereocenters. The van der Waals surface area contributed by atoms with E-state index in [0.717, 1.165) is 16.9 Å². The summed E-state index contributed by atoms with van der Waals surface area (Å²) in [6.45, 7) is 6.58. The summed E-state index contributed by atoms with van der Waals surface area (Å²) >= 11 is 1.38. The first-order valence-electron chi connectivity index (χ1n) is 8.69. The number of anilines is 1. The van der Waals surface area contributed by atoms with Crippen molar-refractivity contribution in [1.82, 2.24) is 4.98 Å². The maximum atomic E-state index is 11.5. The summed E-state index contributed by atoms with van der Waals surface area (Å²) in [6.07, 6.45) is 1.95. The Hall–Kier alpha value is -2.45. The van der Waals surface area contributed by atoms with Crippen LogP contribution in [0.3, 0.4) is 0 Å². The number of hydrogen-bond acceptors (Lipinski definition) is 8. The minimum Gasteiger partial charge on any atom is -0.491 e. The molecule has 0 aliphatic heterocycles. The van der Waals surface area contributed by atoms with Gasteiger partial charge < -0.3 is 14.2 Å². The minimum absolute atomic E-state index is 0.0931. The first-order chi connectivity index (χ1) is 13.0. The lowest BCUT2D eigenvalue weighted by Crippen LogP contribution is -2.08. The third kappa shape index (κ3) is 6.99. The summed E-state index contributed by atoms with van der Waals surface area (Å²) in [5.74, 6) is 0.521. The van der Waals surface area contributed by atoms with E-state index in [-0.39, 0.29) is 18.5 Å². The van der Waals surface area contributed by atoms with Crippen LogP contribution in [0.1, 0.15) is 37.6 Å². The molecule has 7 nitrogen and oxygen atoms in total. The lowest BCUT2D eigenvalue weighted by atomic mass is 10.1. The second-order valence-electron chi connectivity index (χ2n) is 5.96. The maximum absolute atomic E-state index is 11.5. The zero-order valence-corrected chi connectivity index (χ0v) is 16.8. The molecule has 0 radical (unpaired) electrons. The smallest absolute Gasteiger partial charge is 0.311 e. The van der Waals surface area contributed by atoms with Crippen molar-refractivity contribution in [3.63, 3.8) is 0 Å². The molecule has 0 bridgehead atoms. The highest BCUT2D eigenvalue weighted by atomic mass is 32.1. The predicted molar refractivity (Wildman–Crippen MR) is 107 cm³/mol. The van der Waals surface area contributed by atoms with Crippen LogP contribution in [0, 0.1) is 0 Å². The number of ether oxygens (including phenoxy) is 3. The first-order valence-corrected chi connectivity index (χ1v) is 9.57. The molecule has 0 saturated heterocycles. The Kier molecular flexibility index (Phi) is 8.22. The number of hydrazone groups is 1. The molecule has 0 aliphatic rings.